The van der Waals surface area contributed by atoms with Crippen LogP contribution in [0.5, 0.6) is 5.75 Å². The van der Waals surface area contributed by atoms with E-state index in [-0.39, 0.29) is 29.8 Å². The maximum atomic E-state index is 13.1. The Morgan fingerprint density at radius 3 is 2.72 bits per heavy atom. The number of nitrogens with one attached hydrogen (secondary N) is 1. The van der Waals surface area contributed by atoms with E-state index >= 15 is 0 Å². The van der Waals surface area contributed by atoms with Crippen molar-refractivity contribution in [2.24, 2.45) is 0 Å². The van der Waals surface area contributed by atoms with Crippen LogP contribution in [-0.2, 0) is 10.9 Å². The van der Waals surface area contributed by atoms with E-state index in [2.05, 4.69) is 15.2 Å². The summed E-state index contributed by atoms with van der Waals surface area (Å²) in [6, 6.07) is 7.39. The summed E-state index contributed by atoms with van der Waals surface area (Å²) in [5.74, 6) is -0.540. The van der Waals surface area contributed by atoms with E-state index in [1.54, 1.807) is 12.1 Å². The third-order valence-corrected chi connectivity index (χ3v) is 6.31. The highest BCUT2D eigenvalue weighted by molar-refractivity contribution is 5.95. The highest BCUT2D eigenvalue weighted by Gasteiger charge is 2.34. The minimum atomic E-state index is -4.52. The molecule has 0 radical (unpaired) electrons. The fraction of sp³-hybridized carbons (Fsp3) is 0.480. The minimum absolute atomic E-state index is 0.0153. The van der Waals surface area contributed by atoms with Crippen molar-refractivity contribution < 1.29 is 32.2 Å². The predicted octanol–water partition coefficient (Wildman–Crippen LogP) is 2.85. The van der Waals surface area contributed by atoms with E-state index in [1.807, 2.05) is 0 Å². The second-order valence-electron chi connectivity index (χ2n) is 8.74. The Hall–Kier alpha value is -3.18. The SMILES string of the molecule is O=C(NCCN1CCOCC1)c1ncccc1OCC1CCCN1C(=O)c1cccc(C(F)(F)F)c1. The highest BCUT2D eigenvalue weighted by Crippen LogP contribution is 2.30. The molecule has 3 heterocycles. The summed E-state index contributed by atoms with van der Waals surface area (Å²) in [5, 5.41) is 2.86. The quantitative estimate of drug-likeness (QED) is 0.593. The van der Waals surface area contributed by atoms with Gasteiger partial charge >= 0.3 is 6.18 Å². The number of carbonyl (C=O) groups is 2. The molecule has 0 bridgehead atoms. The molecule has 1 unspecified atom stereocenters. The van der Waals surface area contributed by atoms with Crippen molar-refractivity contribution in [3.63, 3.8) is 0 Å². The third-order valence-electron chi connectivity index (χ3n) is 6.31. The van der Waals surface area contributed by atoms with Crippen LogP contribution < -0.4 is 10.1 Å². The lowest BCUT2D eigenvalue weighted by atomic mass is 10.1. The molecule has 0 aliphatic carbocycles. The van der Waals surface area contributed by atoms with Gasteiger partial charge in [-0.1, -0.05) is 6.07 Å². The van der Waals surface area contributed by atoms with Crippen LogP contribution >= 0.6 is 0 Å². The third kappa shape index (κ3) is 6.52. The molecule has 11 heteroatoms. The van der Waals surface area contributed by atoms with Crippen molar-refractivity contribution in [3.05, 3.63) is 59.4 Å². The van der Waals surface area contributed by atoms with Crippen LogP contribution in [0.1, 0.15) is 39.3 Å². The molecule has 0 spiro atoms. The van der Waals surface area contributed by atoms with Gasteiger partial charge in [0.2, 0.25) is 0 Å². The first-order valence-electron chi connectivity index (χ1n) is 12.0. The van der Waals surface area contributed by atoms with Crippen molar-refractivity contribution in [1.82, 2.24) is 20.1 Å². The van der Waals surface area contributed by atoms with E-state index in [0.29, 0.717) is 51.4 Å². The van der Waals surface area contributed by atoms with E-state index in [0.717, 1.165) is 25.2 Å². The molecule has 2 saturated heterocycles. The summed E-state index contributed by atoms with van der Waals surface area (Å²) in [5.41, 5.74) is -0.730. The van der Waals surface area contributed by atoms with Crippen molar-refractivity contribution >= 4 is 11.8 Å². The first kappa shape index (κ1) is 25.9. The number of halogens is 3. The summed E-state index contributed by atoms with van der Waals surface area (Å²) in [7, 11) is 0. The van der Waals surface area contributed by atoms with Crippen LogP contribution in [0.2, 0.25) is 0 Å². The number of nitrogens with zero attached hydrogens (tertiary/aromatic N) is 3. The molecule has 1 N–H and O–H groups in total. The standard InChI is InChI=1S/C25H29F3N4O4/c26-25(27,28)19-5-1-4-18(16-19)24(34)32-10-3-6-20(32)17-36-21-7-2-8-29-22(21)23(33)30-9-11-31-12-14-35-15-13-31/h1-2,4-5,7-8,16,20H,3,6,9-15,17H2,(H,30,33). The summed E-state index contributed by atoms with van der Waals surface area (Å²) in [6.07, 6.45) is -1.67. The second-order valence-corrected chi connectivity index (χ2v) is 8.74. The maximum absolute atomic E-state index is 13.1. The Morgan fingerprint density at radius 2 is 1.94 bits per heavy atom. The van der Waals surface area contributed by atoms with Crippen LogP contribution in [0, 0.1) is 0 Å². The molecule has 4 rings (SSSR count). The average Bonchev–Trinajstić information content (AvgIpc) is 3.36. The molecule has 0 saturated carbocycles. The smallest absolute Gasteiger partial charge is 0.416 e. The Labute approximate surface area is 207 Å². The number of alkyl halides is 3. The van der Waals surface area contributed by atoms with Gasteiger partial charge in [-0.3, -0.25) is 14.5 Å². The lowest BCUT2D eigenvalue weighted by Crippen LogP contribution is -2.41. The number of ether oxygens (including phenoxy) is 2. The van der Waals surface area contributed by atoms with Gasteiger partial charge in [0, 0.05) is 44.5 Å². The van der Waals surface area contributed by atoms with Crippen molar-refractivity contribution in [3.8, 4) is 5.75 Å². The summed E-state index contributed by atoms with van der Waals surface area (Å²) in [4.78, 5) is 33.6. The molecule has 2 amide bonds. The van der Waals surface area contributed by atoms with Gasteiger partial charge in [0.1, 0.15) is 6.61 Å². The van der Waals surface area contributed by atoms with Crippen LogP contribution in [0.15, 0.2) is 42.6 Å². The van der Waals surface area contributed by atoms with Gasteiger partial charge < -0.3 is 19.7 Å². The first-order chi connectivity index (χ1) is 17.3. The van der Waals surface area contributed by atoms with Gasteiger partial charge in [0.05, 0.1) is 24.8 Å². The number of pyridine rings is 1. The van der Waals surface area contributed by atoms with Gasteiger partial charge in [-0.15, -0.1) is 0 Å². The lowest BCUT2D eigenvalue weighted by molar-refractivity contribution is -0.137. The summed E-state index contributed by atoms with van der Waals surface area (Å²) >= 11 is 0. The van der Waals surface area contributed by atoms with Gasteiger partial charge in [-0.2, -0.15) is 13.2 Å². The number of rotatable bonds is 8. The Bertz CT molecular complexity index is 1060. The number of amides is 2. The summed E-state index contributed by atoms with van der Waals surface area (Å²) < 4.78 is 50.5. The second kappa shape index (κ2) is 11.7. The van der Waals surface area contributed by atoms with Gasteiger partial charge in [-0.25, -0.2) is 4.98 Å². The number of likely N-dealkylation sites (tertiary alicyclic amines) is 1. The predicted molar refractivity (Wildman–Crippen MR) is 125 cm³/mol. The molecular formula is C25H29F3N4O4. The molecule has 194 valence electrons. The molecule has 2 aromatic rings. The van der Waals surface area contributed by atoms with Crippen molar-refractivity contribution in [2.45, 2.75) is 25.1 Å². The highest BCUT2D eigenvalue weighted by atomic mass is 19.4. The normalized spacial score (nSPS) is 18.8. The molecule has 2 aliphatic heterocycles. The number of carbonyl (C=O) groups excluding carboxylic acids is 2. The van der Waals surface area contributed by atoms with Crippen LogP contribution in [-0.4, -0.2) is 85.2 Å². The molecule has 1 atom stereocenters. The van der Waals surface area contributed by atoms with E-state index in [9.17, 15) is 22.8 Å². The number of hydrogen-bond donors (Lipinski definition) is 1. The Balaban J connectivity index is 1.35. The first-order valence-corrected chi connectivity index (χ1v) is 12.0. The average molecular weight is 507 g/mol. The number of benzene rings is 1. The van der Waals surface area contributed by atoms with E-state index in [1.165, 1.54) is 23.2 Å². The monoisotopic (exact) mass is 506 g/mol. The zero-order chi connectivity index (χ0) is 25.5. The minimum Gasteiger partial charge on any atom is -0.489 e. The molecule has 8 nitrogen and oxygen atoms in total. The van der Waals surface area contributed by atoms with Crippen LogP contribution in [0.4, 0.5) is 13.2 Å². The van der Waals surface area contributed by atoms with E-state index in [4.69, 9.17) is 9.47 Å². The molecule has 1 aromatic heterocycles. The zero-order valence-corrected chi connectivity index (χ0v) is 19.8. The van der Waals surface area contributed by atoms with Crippen LogP contribution in [0.25, 0.3) is 0 Å². The van der Waals surface area contributed by atoms with Gasteiger partial charge in [0.25, 0.3) is 11.8 Å². The van der Waals surface area contributed by atoms with Gasteiger partial charge in [0.15, 0.2) is 11.4 Å². The lowest BCUT2D eigenvalue weighted by Gasteiger charge is -2.26. The fourth-order valence-electron chi connectivity index (χ4n) is 4.37. The van der Waals surface area contributed by atoms with E-state index < -0.39 is 17.6 Å². The molecular weight excluding hydrogens is 477 g/mol. The van der Waals surface area contributed by atoms with Gasteiger partial charge in [-0.05, 0) is 43.2 Å². The Kier molecular flexibility index (Phi) is 8.42. The number of morpholine rings is 1. The fourth-order valence-corrected chi connectivity index (χ4v) is 4.37. The Morgan fingerprint density at radius 1 is 1.14 bits per heavy atom. The molecule has 2 aliphatic rings. The maximum Gasteiger partial charge on any atom is 0.416 e. The summed E-state index contributed by atoms with van der Waals surface area (Å²) in [6.45, 7) is 4.69. The molecule has 1 aromatic carbocycles. The molecule has 2 fully saturated rings. The van der Waals surface area contributed by atoms with Crippen molar-refractivity contribution in [1.29, 1.82) is 0 Å². The van der Waals surface area contributed by atoms with Crippen LogP contribution in [0.3, 0.4) is 0 Å². The number of hydrogen-bond acceptors (Lipinski definition) is 6. The largest absolute Gasteiger partial charge is 0.489 e. The molecule has 36 heavy (non-hydrogen) atoms. The van der Waals surface area contributed by atoms with Crippen molar-refractivity contribution in [2.75, 3.05) is 52.5 Å². The number of aromatic nitrogens is 1. The topological polar surface area (TPSA) is 84.0 Å². The zero-order valence-electron chi connectivity index (χ0n) is 19.8.